The van der Waals surface area contributed by atoms with E-state index in [2.05, 4.69) is 15.7 Å². The van der Waals surface area contributed by atoms with Crippen molar-refractivity contribution >= 4 is 17.4 Å². The molecule has 0 saturated carbocycles. The third-order valence-electron chi connectivity index (χ3n) is 2.69. The van der Waals surface area contributed by atoms with Crippen molar-refractivity contribution in [2.24, 2.45) is 5.84 Å². The Morgan fingerprint density at radius 1 is 1.37 bits per heavy atom. The average molecular weight is 260 g/mol. The Morgan fingerprint density at radius 3 is 2.89 bits per heavy atom. The van der Waals surface area contributed by atoms with Gasteiger partial charge in [0.05, 0.1) is 0 Å². The summed E-state index contributed by atoms with van der Waals surface area (Å²) >= 11 is 0. The maximum absolute atomic E-state index is 13.4. The smallest absolute Gasteiger partial charge is 0.255 e. The Hall–Kier alpha value is -2.47. The quantitative estimate of drug-likeness (QED) is 0.583. The number of halogens is 1. The fourth-order valence-electron chi connectivity index (χ4n) is 1.59. The summed E-state index contributed by atoms with van der Waals surface area (Å²) in [6.45, 7) is 1.60. The van der Waals surface area contributed by atoms with Gasteiger partial charge in [0.2, 0.25) is 0 Å². The van der Waals surface area contributed by atoms with Gasteiger partial charge in [0.25, 0.3) is 5.91 Å². The lowest BCUT2D eigenvalue weighted by molar-refractivity contribution is 0.102. The van der Waals surface area contributed by atoms with Gasteiger partial charge in [0.15, 0.2) is 0 Å². The predicted octanol–water partition coefficient (Wildman–Crippen LogP) is 2.07. The van der Waals surface area contributed by atoms with Gasteiger partial charge in [-0.2, -0.15) is 0 Å². The summed E-state index contributed by atoms with van der Waals surface area (Å²) in [6, 6.07) is 7.57. The van der Waals surface area contributed by atoms with E-state index in [4.69, 9.17) is 5.84 Å². The molecule has 1 heterocycles. The van der Waals surface area contributed by atoms with Gasteiger partial charge in [0.1, 0.15) is 11.6 Å². The highest BCUT2D eigenvalue weighted by molar-refractivity contribution is 6.05. The number of nitrogens with two attached hydrogens (primary N) is 1. The van der Waals surface area contributed by atoms with E-state index in [1.807, 2.05) is 0 Å². The summed E-state index contributed by atoms with van der Waals surface area (Å²) in [5.41, 5.74) is 3.56. The van der Waals surface area contributed by atoms with Crippen LogP contribution in [0.2, 0.25) is 0 Å². The largest absolute Gasteiger partial charge is 0.322 e. The number of anilines is 2. The fourth-order valence-corrected chi connectivity index (χ4v) is 1.59. The monoisotopic (exact) mass is 260 g/mol. The minimum atomic E-state index is -0.364. The molecule has 19 heavy (non-hydrogen) atoms. The number of hydrogen-bond donors (Lipinski definition) is 3. The minimum absolute atomic E-state index is 0.354. The average Bonchev–Trinajstić information content (AvgIpc) is 2.44. The maximum Gasteiger partial charge on any atom is 0.255 e. The number of nitrogens with zero attached hydrogens (tertiary/aromatic N) is 1. The molecule has 0 spiro atoms. The van der Waals surface area contributed by atoms with E-state index < -0.39 is 0 Å². The van der Waals surface area contributed by atoms with Crippen molar-refractivity contribution in [1.82, 2.24) is 4.98 Å². The van der Waals surface area contributed by atoms with Gasteiger partial charge in [-0.05, 0) is 31.2 Å². The van der Waals surface area contributed by atoms with Crippen molar-refractivity contribution in [3.63, 3.8) is 0 Å². The molecule has 0 aliphatic rings. The SMILES string of the molecule is Cc1c(F)cccc1NC(=O)c1ccnc(NN)c1. The molecule has 0 atom stereocenters. The topological polar surface area (TPSA) is 80.0 Å². The summed E-state index contributed by atoms with van der Waals surface area (Å²) in [4.78, 5) is 15.9. The van der Waals surface area contributed by atoms with E-state index in [0.29, 0.717) is 22.6 Å². The molecule has 4 N–H and O–H groups in total. The normalized spacial score (nSPS) is 10.1. The first kappa shape index (κ1) is 13.0. The molecule has 0 bridgehead atoms. The van der Waals surface area contributed by atoms with Gasteiger partial charge < -0.3 is 10.7 Å². The van der Waals surface area contributed by atoms with Crippen LogP contribution >= 0.6 is 0 Å². The fraction of sp³-hybridized carbons (Fsp3) is 0.0769. The number of benzene rings is 1. The van der Waals surface area contributed by atoms with Crippen LogP contribution in [0.15, 0.2) is 36.5 Å². The van der Waals surface area contributed by atoms with Gasteiger partial charge in [0, 0.05) is 23.0 Å². The first-order valence-corrected chi connectivity index (χ1v) is 5.61. The number of carbonyl (C=O) groups is 1. The van der Waals surface area contributed by atoms with Crippen LogP contribution in [0.25, 0.3) is 0 Å². The molecule has 1 amide bonds. The lowest BCUT2D eigenvalue weighted by Gasteiger charge is -2.09. The van der Waals surface area contributed by atoms with Crippen molar-refractivity contribution in [3.8, 4) is 0 Å². The first-order valence-electron chi connectivity index (χ1n) is 5.61. The molecule has 0 radical (unpaired) electrons. The number of carbonyl (C=O) groups excluding carboxylic acids is 1. The van der Waals surface area contributed by atoms with Crippen LogP contribution in [0.4, 0.5) is 15.9 Å². The van der Waals surface area contributed by atoms with Gasteiger partial charge in [-0.3, -0.25) is 4.79 Å². The Morgan fingerprint density at radius 2 is 2.16 bits per heavy atom. The van der Waals surface area contributed by atoms with Crippen molar-refractivity contribution in [2.45, 2.75) is 6.92 Å². The van der Waals surface area contributed by atoms with Crippen LogP contribution in [0, 0.1) is 12.7 Å². The van der Waals surface area contributed by atoms with Gasteiger partial charge >= 0.3 is 0 Å². The first-order chi connectivity index (χ1) is 9.11. The molecule has 1 aromatic heterocycles. The zero-order valence-electron chi connectivity index (χ0n) is 10.3. The lowest BCUT2D eigenvalue weighted by Crippen LogP contribution is -2.15. The molecule has 0 unspecified atom stereocenters. The van der Waals surface area contributed by atoms with Crippen LogP contribution in [0.5, 0.6) is 0 Å². The lowest BCUT2D eigenvalue weighted by atomic mass is 10.1. The highest BCUT2D eigenvalue weighted by Gasteiger charge is 2.10. The molecular weight excluding hydrogens is 247 g/mol. The van der Waals surface area contributed by atoms with Gasteiger partial charge in [-0.15, -0.1) is 0 Å². The van der Waals surface area contributed by atoms with Crippen LogP contribution in [-0.4, -0.2) is 10.9 Å². The van der Waals surface area contributed by atoms with Gasteiger partial charge in [-0.1, -0.05) is 6.07 Å². The van der Waals surface area contributed by atoms with E-state index in [9.17, 15) is 9.18 Å². The molecule has 98 valence electrons. The molecule has 6 heteroatoms. The van der Waals surface area contributed by atoms with Crippen molar-refractivity contribution < 1.29 is 9.18 Å². The highest BCUT2D eigenvalue weighted by atomic mass is 19.1. The van der Waals surface area contributed by atoms with E-state index in [0.717, 1.165) is 0 Å². The van der Waals surface area contributed by atoms with Gasteiger partial charge in [-0.25, -0.2) is 15.2 Å². The molecule has 5 nitrogen and oxygen atoms in total. The summed E-state index contributed by atoms with van der Waals surface area (Å²) in [6.07, 6.45) is 1.46. The predicted molar refractivity (Wildman–Crippen MR) is 71.1 cm³/mol. The third kappa shape index (κ3) is 2.86. The van der Waals surface area contributed by atoms with Crippen molar-refractivity contribution in [3.05, 3.63) is 53.5 Å². The molecule has 0 aliphatic carbocycles. The number of hydrogen-bond acceptors (Lipinski definition) is 4. The highest BCUT2D eigenvalue weighted by Crippen LogP contribution is 2.18. The standard InChI is InChI=1S/C13H13FN4O/c1-8-10(14)3-2-4-11(8)17-13(19)9-5-6-16-12(7-9)18-15/h2-7H,15H2,1H3,(H,16,18)(H,17,19). The molecule has 2 rings (SSSR count). The zero-order chi connectivity index (χ0) is 13.8. The number of amides is 1. The third-order valence-corrected chi connectivity index (χ3v) is 2.69. The van der Waals surface area contributed by atoms with Crippen molar-refractivity contribution in [2.75, 3.05) is 10.7 Å². The van der Waals surface area contributed by atoms with E-state index in [1.54, 1.807) is 19.1 Å². The zero-order valence-corrected chi connectivity index (χ0v) is 10.3. The molecule has 0 fully saturated rings. The number of aromatic nitrogens is 1. The number of rotatable bonds is 3. The second kappa shape index (κ2) is 5.45. The Bertz CT molecular complexity index is 615. The van der Waals surface area contributed by atoms with Crippen LogP contribution in [0.1, 0.15) is 15.9 Å². The van der Waals surface area contributed by atoms with Crippen LogP contribution in [0.3, 0.4) is 0 Å². The molecule has 0 aliphatic heterocycles. The molecule has 2 aromatic rings. The molecule has 0 saturated heterocycles. The second-order valence-corrected chi connectivity index (χ2v) is 3.94. The summed E-state index contributed by atoms with van der Waals surface area (Å²) in [5.74, 6) is 4.88. The Labute approximate surface area is 109 Å². The van der Waals surface area contributed by atoms with E-state index in [1.165, 1.54) is 24.4 Å². The minimum Gasteiger partial charge on any atom is -0.322 e. The van der Waals surface area contributed by atoms with Crippen LogP contribution < -0.4 is 16.6 Å². The summed E-state index contributed by atoms with van der Waals surface area (Å²) in [5, 5.41) is 2.64. The number of nitrogens with one attached hydrogen (secondary N) is 2. The second-order valence-electron chi connectivity index (χ2n) is 3.94. The molecular formula is C13H13FN4O. The summed E-state index contributed by atoms with van der Waals surface area (Å²) in [7, 11) is 0. The number of hydrazine groups is 1. The Balaban J connectivity index is 2.23. The number of pyridine rings is 1. The maximum atomic E-state index is 13.4. The Kier molecular flexibility index (Phi) is 3.72. The van der Waals surface area contributed by atoms with E-state index in [-0.39, 0.29) is 11.7 Å². The summed E-state index contributed by atoms with van der Waals surface area (Å²) < 4.78 is 13.4. The molecule has 1 aromatic carbocycles. The number of nitrogen functional groups attached to an aromatic ring is 1. The van der Waals surface area contributed by atoms with Crippen LogP contribution in [-0.2, 0) is 0 Å². The van der Waals surface area contributed by atoms with E-state index >= 15 is 0 Å². The van der Waals surface area contributed by atoms with Crippen molar-refractivity contribution in [1.29, 1.82) is 0 Å².